The maximum absolute atomic E-state index is 9.67. The van der Waals surface area contributed by atoms with Gasteiger partial charge in [0.2, 0.25) is 0 Å². The number of furan rings is 1. The van der Waals surface area contributed by atoms with Crippen LogP contribution in [0.4, 0.5) is 17.1 Å². The minimum atomic E-state index is -0.416. The second-order valence-corrected chi connectivity index (χ2v) is 12.7. The first-order valence-electron chi connectivity index (χ1n) is 21.1. The Kier molecular flexibility index (Phi) is 5.45. The molecule has 0 aliphatic carbocycles. The van der Waals surface area contributed by atoms with Crippen LogP contribution in [0.1, 0.15) is 11.0 Å². The van der Waals surface area contributed by atoms with Gasteiger partial charge >= 0.3 is 0 Å². The predicted octanol–water partition coefficient (Wildman–Crippen LogP) is 14.4. The van der Waals surface area contributed by atoms with Crippen LogP contribution < -0.4 is 4.90 Å². The van der Waals surface area contributed by atoms with Crippen molar-refractivity contribution >= 4 is 60.5 Å². The first-order valence-corrected chi connectivity index (χ1v) is 17.1. The molecule has 1 heterocycles. The average molecular weight is 672 g/mol. The summed E-state index contributed by atoms with van der Waals surface area (Å²) in [7, 11) is 0. The molecule has 0 aliphatic heterocycles. The molecule has 0 saturated heterocycles. The van der Waals surface area contributed by atoms with Crippen molar-refractivity contribution in [2.24, 2.45) is 0 Å². The van der Waals surface area contributed by atoms with Gasteiger partial charge in [-0.25, -0.2) is 0 Å². The number of hydrogen-bond acceptors (Lipinski definition) is 2. The van der Waals surface area contributed by atoms with Crippen molar-refractivity contribution in [3.63, 3.8) is 0 Å². The van der Waals surface area contributed by atoms with E-state index in [4.69, 9.17) is 4.42 Å². The lowest BCUT2D eigenvalue weighted by Crippen LogP contribution is -2.10. The third kappa shape index (κ3) is 5.12. The summed E-state index contributed by atoms with van der Waals surface area (Å²) in [6.07, 6.45) is 0. The minimum absolute atomic E-state index is 0.0909. The molecule has 0 unspecified atom stereocenters. The number of rotatable bonds is 6. The van der Waals surface area contributed by atoms with E-state index in [9.17, 15) is 11.0 Å². The molecule has 0 fully saturated rings. The van der Waals surface area contributed by atoms with Gasteiger partial charge in [0, 0.05) is 22.1 Å². The van der Waals surface area contributed by atoms with Crippen LogP contribution >= 0.6 is 0 Å². The van der Waals surface area contributed by atoms with Crippen molar-refractivity contribution in [3.8, 4) is 33.4 Å². The van der Waals surface area contributed by atoms with E-state index in [-0.39, 0.29) is 46.7 Å². The molecule has 10 rings (SSSR count). The first kappa shape index (κ1) is 22.7. The number of nitrogens with zero attached hydrogens (tertiary/aromatic N) is 1. The third-order valence-electron chi connectivity index (χ3n) is 9.59. The smallest absolute Gasteiger partial charge is 0.143 e. The van der Waals surface area contributed by atoms with Crippen LogP contribution in [0.3, 0.4) is 0 Å². The molecule has 0 N–H and O–H groups in total. The molecule has 10 aromatic rings. The first-order chi connectivity index (χ1) is 29.1. The van der Waals surface area contributed by atoms with Crippen LogP contribution in [0, 0.1) is 0 Å². The van der Waals surface area contributed by atoms with E-state index in [0.29, 0.717) is 38.8 Å². The minimum Gasteiger partial charge on any atom is -0.455 e. The van der Waals surface area contributed by atoms with Crippen molar-refractivity contribution in [2.75, 3.05) is 4.90 Å². The van der Waals surface area contributed by atoms with Gasteiger partial charge in [0.05, 0.1) is 22.0 Å². The molecule has 2 nitrogen and oxygen atoms in total. The van der Waals surface area contributed by atoms with Crippen LogP contribution in [0.25, 0.3) is 76.9 Å². The van der Waals surface area contributed by atoms with Gasteiger partial charge in [-0.2, -0.15) is 0 Å². The van der Waals surface area contributed by atoms with Crippen molar-refractivity contribution in [1.29, 1.82) is 0 Å². The molecular weight excluding hydrogens is 631 g/mol. The molecule has 244 valence electrons. The zero-order valence-electron chi connectivity index (χ0n) is 35.8. The van der Waals surface area contributed by atoms with Gasteiger partial charge in [0.25, 0.3) is 0 Å². The molecule has 0 spiro atoms. The van der Waals surface area contributed by atoms with Gasteiger partial charge in [0.15, 0.2) is 0 Å². The monoisotopic (exact) mass is 671 g/mol. The van der Waals surface area contributed by atoms with Crippen molar-refractivity contribution < 1.29 is 15.4 Å². The Bertz CT molecular complexity index is 3320. The van der Waals surface area contributed by atoms with E-state index in [0.717, 1.165) is 32.7 Å². The van der Waals surface area contributed by atoms with E-state index in [1.165, 1.54) is 4.90 Å². The Balaban J connectivity index is 1.26. The number of fused-ring (bicyclic) bond motifs is 6. The van der Waals surface area contributed by atoms with E-state index >= 15 is 0 Å². The summed E-state index contributed by atoms with van der Waals surface area (Å²) in [5.41, 5.74) is 3.90. The molecule has 0 radical (unpaired) electrons. The fraction of sp³-hybridized carbons (Fsp3) is 0. The second-order valence-electron chi connectivity index (χ2n) is 12.7. The van der Waals surface area contributed by atoms with Crippen molar-refractivity contribution in [1.82, 2.24) is 0 Å². The van der Waals surface area contributed by atoms with Gasteiger partial charge in [-0.05, 0) is 98.0 Å². The normalized spacial score (nSPS) is 13.6. The SMILES string of the molecule is [2H]c1c([2H])c(N(c2c([2H])c([2H])c(-c3cccc(-c4cccc5ccccc45)c3)c([2H])c2[2H])c2cccc3oc4c5ccccc5ccc4c23)c([2H])c([2H])c1-c1ccccc1. The highest BCUT2D eigenvalue weighted by Crippen LogP contribution is 2.45. The molecule has 0 aliphatic rings. The van der Waals surface area contributed by atoms with Gasteiger partial charge in [0.1, 0.15) is 11.2 Å². The number of hydrogen-bond donors (Lipinski definition) is 0. The Morgan fingerprint density at radius 3 is 1.75 bits per heavy atom. The lowest BCUT2D eigenvalue weighted by atomic mass is 9.95. The third-order valence-corrected chi connectivity index (χ3v) is 9.59. The van der Waals surface area contributed by atoms with Crippen molar-refractivity contribution in [2.45, 2.75) is 0 Å². The molecule has 52 heavy (non-hydrogen) atoms. The maximum atomic E-state index is 9.67. The average Bonchev–Trinajstić information content (AvgIpc) is 3.67. The molecule has 0 atom stereocenters. The summed E-state index contributed by atoms with van der Waals surface area (Å²) in [6, 6.07) is 44.3. The van der Waals surface area contributed by atoms with Crippen LogP contribution in [0.15, 0.2) is 204 Å². The summed E-state index contributed by atoms with van der Waals surface area (Å²) in [4.78, 5) is 1.36. The maximum Gasteiger partial charge on any atom is 0.143 e. The second kappa shape index (κ2) is 12.5. The topological polar surface area (TPSA) is 16.4 Å². The lowest BCUT2D eigenvalue weighted by Gasteiger charge is -2.26. The van der Waals surface area contributed by atoms with E-state index in [1.807, 2.05) is 97.1 Å². The molecule has 2 heteroatoms. The number of anilines is 3. The van der Waals surface area contributed by atoms with Crippen LogP contribution in [-0.2, 0) is 0 Å². The molecule has 0 amide bonds. The Labute approximate surface area is 313 Å². The van der Waals surface area contributed by atoms with E-state index in [2.05, 4.69) is 0 Å². The Morgan fingerprint density at radius 2 is 0.981 bits per heavy atom. The van der Waals surface area contributed by atoms with Gasteiger partial charge in [-0.15, -0.1) is 0 Å². The molecule has 0 bridgehead atoms. The fourth-order valence-electron chi connectivity index (χ4n) is 7.12. The summed E-state index contributed by atoms with van der Waals surface area (Å²) in [5.74, 6) is 0. The van der Waals surface area contributed by atoms with E-state index < -0.39 is 24.2 Å². The number of benzene rings is 9. The summed E-state index contributed by atoms with van der Waals surface area (Å²) >= 11 is 0. The molecule has 1 aromatic heterocycles. The van der Waals surface area contributed by atoms with Gasteiger partial charge in [-0.1, -0.05) is 152 Å². The fourth-order valence-corrected chi connectivity index (χ4v) is 7.12. The van der Waals surface area contributed by atoms with Crippen LogP contribution in [0.2, 0.25) is 0 Å². The molecule has 0 saturated carbocycles. The molecular formula is C50H33NO. The van der Waals surface area contributed by atoms with Crippen LogP contribution in [-0.4, -0.2) is 0 Å². The summed E-state index contributed by atoms with van der Waals surface area (Å²) < 4.78 is 82.4. The highest BCUT2D eigenvalue weighted by atomic mass is 16.3. The largest absolute Gasteiger partial charge is 0.455 e. The summed E-state index contributed by atoms with van der Waals surface area (Å²) in [6.45, 7) is 0. The van der Waals surface area contributed by atoms with Crippen molar-refractivity contribution in [3.05, 3.63) is 200 Å². The standard InChI is InChI=1S/C50H33NO/c1-2-11-34(12-3-1)35-23-28-41(29-24-35)51(47-21-10-22-48-49(47)46-32-27-38-14-5-7-19-45(38)50(46)52-48)42-30-25-36(26-31-42)39-16-8-17-40(33-39)44-20-9-15-37-13-4-6-18-43(37)44/h1-33H/i23D,24D,25D,26D,28D,29D,30D,31D. The zero-order chi connectivity index (χ0) is 41.4. The Hall–Kier alpha value is -6.90. The zero-order valence-corrected chi connectivity index (χ0v) is 27.8. The highest BCUT2D eigenvalue weighted by molar-refractivity contribution is 6.19. The highest BCUT2D eigenvalue weighted by Gasteiger charge is 2.20. The lowest BCUT2D eigenvalue weighted by molar-refractivity contribution is 0.672. The molecule has 9 aromatic carbocycles. The predicted molar refractivity (Wildman–Crippen MR) is 220 cm³/mol. The van der Waals surface area contributed by atoms with Gasteiger partial charge in [-0.3, -0.25) is 0 Å². The quantitative estimate of drug-likeness (QED) is 0.175. The van der Waals surface area contributed by atoms with Gasteiger partial charge < -0.3 is 9.32 Å². The Morgan fingerprint density at radius 1 is 0.404 bits per heavy atom. The van der Waals surface area contributed by atoms with E-state index in [1.54, 1.807) is 54.6 Å². The van der Waals surface area contributed by atoms with Crippen LogP contribution in [0.5, 0.6) is 0 Å². The summed E-state index contributed by atoms with van der Waals surface area (Å²) in [5, 5.41) is 5.16.